The lowest BCUT2D eigenvalue weighted by Gasteiger charge is -2.21. The normalized spacial score (nSPS) is 12.6. The third-order valence-electron chi connectivity index (χ3n) is 3.60. The fourth-order valence-electron chi connectivity index (χ4n) is 2.26. The number of ether oxygens (including phenoxy) is 1. The third-order valence-corrected chi connectivity index (χ3v) is 3.60. The fourth-order valence-corrected chi connectivity index (χ4v) is 2.26. The van der Waals surface area contributed by atoms with Crippen molar-refractivity contribution in [2.24, 2.45) is 5.73 Å². The van der Waals surface area contributed by atoms with Crippen molar-refractivity contribution in [1.29, 1.82) is 0 Å². The van der Waals surface area contributed by atoms with E-state index in [1.54, 1.807) is 6.07 Å². The smallest absolute Gasteiger partial charge is 0.305 e. The van der Waals surface area contributed by atoms with Gasteiger partial charge in [-0.3, -0.25) is 19.2 Å². The third kappa shape index (κ3) is 6.88. The van der Waals surface area contributed by atoms with Gasteiger partial charge in [-0.05, 0) is 18.1 Å². The zero-order valence-electron chi connectivity index (χ0n) is 14.6. The van der Waals surface area contributed by atoms with Crippen molar-refractivity contribution in [2.45, 2.75) is 38.3 Å². The van der Waals surface area contributed by atoms with Gasteiger partial charge in [0.2, 0.25) is 17.7 Å². The second-order valence-electron chi connectivity index (χ2n) is 5.63. The second kappa shape index (κ2) is 10.1. The molecule has 8 nitrogen and oxygen atoms in total. The van der Waals surface area contributed by atoms with Crippen LogP contribution >= 0.6 is 0 Å². The van der Waals surface area contributed by atoms with Crippen LogP contribution in [0.4, 0.5) is 4.39 Å². The van der Waals surface area contributed by atoms with Gasteiger partial charge in [-0.15, -0.1) is 0 Å². The number of nitrogens with two attached hydrogens (primary N) is 1. The van der Waals surface area contributed by atoms with E-state index in [-0.39, 0.29) is 24.8 Å². The Kier molecular flexibility index (Phi) is 8.20. The molecule has 0 aliphatic heterocycles. The molecule has 142 valence electrons. The Morgan fingerprint density at radius 3 is 2.35 bits per heavy atom. The largest absolute Gasteiger partial charge is 0.469 e. The molecule has 0 bridgehead atoms. The maximum absolute atomic E-state index is 13.8. The van der Waals surface area contributed by atoms with Gasteiger partial charge in [0.25, 0.3) is 0 Å². The molecule has 9 heteroatoms. The molecule has 0 aromatic heterocycles. The van der Waals surface area contributed by atoms with E-state index in [1.165, 1.54) is 32.2 Å². The number of amides is 3. The van der Waals surface area contributed by atoms with Crippen LogP contribution < -0.4 is 16.4 Å². The van der Waals surface area contributed by atoms with Crippen molar-refractivity contribution in [3.63, 3.8) is 0 Å². The molecule has 1 aromatic carbocycles. The van der Waals surface area contributed by atoms with Gasteiger partial charge < -0.3 is 21.1 Å². The number of halogens is 1. The predicted molar refractivity (Wildman–Crippen MR) is 90.1 cm³/mol. The van der Waals surface area contributed by atoms with Gasteiger partial charge in [-0.2, -0.15) is 0 Å². The van der Waals surface area contributed by atoms with Crippen LogP contribution in [0, 0.1) is 5.82 Å². The summed E-state index contributed by atoms with van der Waals surface area (Å²) in [6.45, 7) is 1.21. The first-order chi connectivity index (χ1) is 12.2. The molecule has 26 heavy (non-hydrogen) atoms. The van der Waals surface area contributed by atoms with Crippen LogP contribution in [-0.2, 0) is 30.3 Å². The molecule has 0 radical (unpaired) electrons. The quantitative estimate of drug-likeness (QED) is 0.521. The Hall–Kier alpha value is -2.97. The zero-order valence-corrected chi connectivity index (χ0v) is 14.6. The highest BCUT2D eigenvalue weighted by molar-refractivity contribution is 5.91. The molecule has 2 atom stereocenters. The molecular weight excluding hydrogens is 345 g/mol. The summed E-state index contributed by atoms with van der Waals surface area (Å²) in [6, 6.07) is 3.59. The minimum absolute atomic E-state index is 0.0553. The van der Waals surface area contributed by atoms with Crippen LogP contribution in [0.25, 0.3) is 0 Å². The first-order valence-electron chi connectivity index (χ1n) is 7.91. The highest BCUT2D eigenvalue weighted by Crippen LogP contribution is 2.10. The molecule has 0 aliphatic rings. The Bertz CT molecular complexity index is 680. The maximum atomic E-state index is 13.8. The predicted octanol–water partition coefficient (Wildman–Crippen LogP) is -0.204. The first-order valence-corrected chi connectivity index (χ1v) is 7.91. The SMILES string of the molecule is COC(=O)CC[C@H](NC(=O)[C@H](Cc1ccccc1F)NC(C)=O)C(N)=O. The molecule has 0 spiro atoms. The average Bonchev–Trinajstić information content (AvgIpc) is 2.58. The molecular formula is C17H22FN3O5. The number of primary amides is 1. The van der Waals surface area contributed by atoms with E-state index in [9.17, 15) is 23.6 Å². The first kappa shape index (κ1) is 21.1. The summed E-state index contributed by atoms with van der Waals surface area (Å²) in [4.78, 5) is 46.5. The van der Waals surface area contributed by atoms with Crippen molar-refractivity contribution >= 4 is 23.7 Å². The van der Waals surface area contributed by atoms with E-state index >= 15 is 0 Å². The number of nitrogens with one attached hydrogen (secondary N) is 2. The number of esters is 1. The van der Waals surface area contributed by atoms with Gasteiger partial charge in [0.1, 0.15) is 17.9 Å². The molecule has 0 saturated heterocycles. The van der Waals surface area contributed by atoms with Crippen molar-refractivity contribution in [2.75, 3.05) is 7.11 Å². The van der Waals surface area contributed by atoms with Gasteiger partial charge in [0.05, 0.1) is 7.11 Å². The van der Waals surface area contributed by atoms with Crippen LogP contribution in [0.5, 0.6) is 0 Å². The molecule has 4 N–H and O–H groups in total. The number of methoxy groups -OCH3 is 1. The Labute approximate surface area is 150 Å². The monoisotopic (exact) mass is 367 g/mol. The maximum Gasteiger partial charge on any atom is 0.305 e. The molecule has 1 rings (SSSR count). The van der Waals surface area contributed by atoms with E-state index in [0.29, 0.717) is 0 Å². The minimum atomic E-state index is -1.13. The van der Waals surface area contributed by atoms with Gasteiger partial charge in [-0.1, -0.05) is 18.2 Å². The van der Waals surface area contributed by atoms with Gasteiger partial charge in [-0.25, -0.2) is 4.39 Å². The highest BCUT2D eigenvalue weighted by atomic mass is 19.1. The Balaban J connectivity index is 2.86. The van der Waals surface area contributed by atoms with E-state index < -0.39 is 41.6 Å². The van der Waals surface area contributed by atoms with Crippen molar-refractivity contribution in [3.8, 4) is 0 Å². The van der Waals surface area contributed by atoms with E-state index in [2.05, 4.69) is 15.4 Å². The molecule has 0 aliphatic carbocycles. The van der Waals surface area contributed by atoms with E-state index in [1.807, 2.05) is 0 Å². The summed E-state index contributed by atoms with van der Waals surface area (Å²) < 4.78 is 18.3. The molecule has 0 saturated carbocycles. The number of hydrogen-bond donors (Lipinski definition) is 3. The summed E-state index contributed by atoms with van der Waals surface area (Å²) in [7, 11) is 1.20. The highest BCUT2D eigenvalue weighted by Gasteiger charge is 2.26. The summed E-state index contributed by atoms with van der Waals surface area (Å²) in [6.07, 6.45) is -0.288. The van der Waals surface area contributed by atoms with E-state index in [4.69, 9.17) is 5.73 Å². The standard InChI is InChI=1S/C17H22FN3O5/c1-10(22)20-14(9-11-5-3-4-6-12(11)18)17(25)21-13(16(19)24)7-8-15(23)26-2/h3-6,13-14H,7-9H2,1-2H3,(H2,19,24)(H,20,22)(H,21,25)/t13-,14-/m0/s1. The lowest BCUT2D eigenvalue weighted by molar-refractivity contribution is -0.141. The second-order valence-corrected chi connectivity index (χ2v) is 5.63. The molecule has 0 unspecified atom stereocenters. The summed E-state index contributed by atoms with van der Waals surface area (Å²) in [5.74, 6) is -3.12. The van der Waals surface area contributed by atoms with Crippen LogP contribution in [0.15, 0.2) is 24.3 Å². The van der Waals surface area contributed by atoms with Crippen LogP contribution in [0.2, 0.25) is 0 Å². The van der Waals surface area contributed by atoms with Crippen molar-refractivity contribution < 1.29 is 28.3 Å². The number of carbonyl (C=O) groups excluding carboxylic acids is 4. The fraction of sp³-hybridized carbons (Fsp3) is 0.412. The topological polar surface area (TPSA) is 128 Å². The van der Waals surface area contributed by atoms with Gasteiger partial charge in [0, 0.05) is 19.8 Å². The van der Waals surface area contributed by atoms with Gasteiger partial charge >= 0.3 is 5.97 Å². The lowest BCUT2D eigenvalue weighted by atomic mass is 10.0. The minimum Gasteiger partial charge on any atom is -0.469 e. The van der Waals surface area contributed by atoms with E-state index in [0.717, 1.165) is 0 Å². The van der Waals surface area contributed by atoms with Crippen molar-refractivity contribution in [3.05, 3.63) is 35.6 Å². The number of carbonyl (C=O) groups is 4. The van der Waals surface area contributed by atoms with Crippen LogP contribution in [0.3, 0.4) is 0 Å². The van der Waals surface area contributed by atoms with Gasteiger partial charge in [0.15, 0.2) is 0 Å². The average molecular weight is 367 g/mol. The van der Waals surface area contributed by atoms with Crippen LogP contribution in [0.1, 0.15) is 25.3 Å². The lowest BCUT2D eigenvalue weighted by Crippen LogP contribution is -2.53. The Morgan fingerprint density at radius 2 is 1.81 bits per heavy atom. The number of rotatable bonds is 9. The molecule has 1 aromatic rings. The number of benzene rings is 1. The summed E-state index contributed by atoms with van der Waals surface area (Å²) in [5, 5.41) is 4.80. The number of hydrogen-bond acceptors (Lipinski definition) is 5. The zero-order chi connectivity index (χ0) is 19.7. The molecule has 3 amide bonds. The van der Waals surface area contributed by atoms with Crippen LogP contribution in [-0.4, -0.2) is 42.9 Å². The molecule has 0 heterocycles. The van der Waals surface area contributed by atoms with Crippen molar-refractivity contribution in [1.82, 2.24) is 10.6 Å². The molecule has 0 fully saturated rings. The summed E-state index contributed by atoms with van der Waals surface area (Å²) in [5.41, 5.74) is 5.47. The summed E-state index contributed by atoms with van der Waals surface area (Å²) >= 11 is 0. The Morgan fingerprint density at radius 1 is 1.15 bits per heavy atom.